The van der Waals surface area contributed by atoms with Crippen molar-refractivity contribution in [1.29, 1.82) is 0 Å². The van der Waals surface area contributed by atoms with E-state index in [1.807, 2.05) is 18.0 Å². The van der Waals surface area contributed by atoms with Crippen LogP contribution in [0.4, 0.5) is 5.69 Å². The first kappa shape index (κ1) is 15.1. The number of piperidine rings is 1. The zero-order valence-electron chi connectivity index (χ0n) is 14.3. The van der Waals surface area contributed by atoms with Crippen molar-refractivity contribution in [1.82, 2.24) is 4.98 Å². The van der Waals surface area contributed by atoms with E-state index < -0.39 is 0 Å². The summed E-state index contributed by atoms with van der Waals surface area (Å²) in [6.07, 6.45) is 14.6. The van der Waals surface area contributed by atoms with E-state index in [9.17, 15) is 0 Å². The predicted octanol–water partition coefficient (Wildman–Crippen LogP) is 5.40. The van der Waals surface area contributed by atoms with Crippen molar-refractivity contribution in [2.75, 3.05) is 4.90 Å². The van der Waals surface area contributed by atoms with E-state index in [0.29, 0.717) is 11.3 Å². The Balaban J connectivity index is 1.94. The first-order valence-electron chi connectivity index (χ1n) is 8.42. The van der Waals surface area contributed by atoms with Crippen LogP contribution in [0.2, 0.25) is 0 Å². The van der Waals surface area contributed by atoms with Gasteiger partial charge in [-0.05, 0) is 31.6 Å². The lowest BCUT2D eigenvalue weighted by atomic mass is 9.54. The molecule has 120 valence electrons. The van der Waals surface area contributed by atoms with Crippen LogP contribution in [0.15, 0.2) is 59.4 Å². The summed E-state index contributed by atoms with van der Waals surface area (Å²) in [6.45, 7) is 9.45. The molecule has 3 unspecified atom stereocenters. The normalized spacial score (nSPS) is 34.1. The number of rotatable bonds is 1. The molecule has 1 aromatic rings. The molecule has 0 spiro atoms. The van der Waals surface area contributed by atoms with E-state index in [-0.39, 0.29) is 10.8 Å². The maximum absolute atomic E-state index is 4.64. The third-order valence-electron chi connectivity index (χ3n) is 6.12. The Bertz CT molecular complexity index is 731. The van der Waals surface area contributed by atoms with Crippen LogP contribution in [0.5, 0.6) is 0 Å². The quantitative estimate of drug-likeness (QED) is 0.643. The summed E-state index contributed by atoms with van der Waals surface area (Å²) in [5.41, 5.74) is 3.01. The molecular weight excluding hydrogens is 300 g/mol. The molecule has 3 heterocycles. The van der Waals surface area contributed by atoms with E-state index in [1.54, 1.807) is 0 Å². The zero-order chi connectivity index (χ0) is 16.2. The largest absolute Gasteiger partial charge is 0.329 e. The molecule has 4 rings (SSSR count). The highest BCUT2D eigenvalue weighted by atomic mass is 32.2. The van der Waals surface area contributed by atoms with Gasteiger partial charge >= 0.3 is 0 Å². The van der Waals surface area contributed by atoms with Gasteiger partial charge in [0, 0.05) is 28.6 Å². The van der Waals surface area contributed by atoms with Gasteiger partial charge in [-0.3, -0.25) is 0 Å². The average molecular weight is 324 g/mol. The maximum Gasteiger partial charge on any atom is 0.122 e. The van der Waals surface area contributed by atoms with Gasteiger partial charge in [-0.1, -0.05) is 56.8 Å². The number of anilines is 1. The van der Waals surface area contributed by atoms with Crippen LogP contribution in [-0.4, -0.2) is 10.4 Å². The molecule has 0 N–H and O–H groups in total. The molecule has 0 saturated carbocycles. The SMILES string of the molecule is CC=CC1(C)C2CC=CC=C2N2c3cccnc3SC2C1(C)C. The first-order chi connectivity index (χ1) is 11.0. The highest BCUT2D eigenvalue weighted by Crippen LogP contribution is 2.65. The van der Waals surface area contributed by atoms with Crippen LogP contribution < -0.4 is 4.90 Å². The molecule has 1 aromatic heterocycles. The summed E-state index contributed by atoms with van der Waals surface area (Å²) < 4.78 is 0. The van der Waals surface area contributed by atoms with Crippen molar-refractivity contribution < 1.29 is 0 Å². The van der Waals surface area contributed by atoms with Gasteiger partial charge in [-0.15, -0.1) is 0 Å². The Labute approximate surface area is 143 Å². The minimum absolute atomic E-state index is 0.133. The molecule has 0 bridgehead atoms. The van der Waals surface area contributed by atoms with Crippen LogP contribution in [0.25, 0.3) is 0 Å². The number of nitrogens with zero attached hydrogens (tertiary/aromatic N) is 2. The molecule has 0 radical (unpaired) electrons. The molecule has 3 heteroatoms. The van der Waals surface area contributed by atoms with E-state index in [2.05, 4.69) is 80.1 Å². The van der Waals surface area contributed by atoms with Crippen molar-refractivity contribution in [2.24, 2.45) is 16.7 Å². The molecule has 1 saturated heterocycles. The lowest BCUT2D eigenvalue weighted by Gasteiger charge is -2.59. The second kappa shape index (κ2) is 5.01. The fraction of sp³-hybridized carbons (Fsp3) is 0.450. The third kappa shape index (κ3) is 1.86. The number of allylic oxidation sites excluding steroid dienone is 6. The highest BCUT2D eigenvalue weighted by molar-refractivity contribution is 8.00. The minimum Gasteiger partial charge on any atom is -0.329 e. The van der Waals surface area contributed by atoms with Gasteiger partial charge < -0.3 is 4.90 Å². The maximum atomic E-state index is 4.64. The summed E-state index contributed by atoms with van der Waals surface area (Å²) in [5, 5.41) is 1.56. The van der Waals surface area contributed by atoms with Gasteiger partial charge in [0.2, 0.25) is 0 Å². The molecule has 3 atom stereocenters. The lowest BCUT2D eigenvalue weighted by molar-refractivity contribution is 0.0606. The highest BCUT2D eigenvalue weighted by Gasteiger charge is 2.59. The van der Waals surface area contributed by atoms with E-state index >= 15 is 0 Å². The molecule has 0 amide bonds. The van der Waals surface area contributed by atoms with Gasteiger partial charge in [0.1, 0.15) is 5.03 Å². The fourth-order valence-electron chi connectivity index (χ4n) is 4.50. The monoisotopic (exact) mass is 324 g/mol. The van der Waals surface area contributed by atoms with Gasteiger partial charge in [0.25, 0.3) is 0 Å². The Hall–Kier alpha value is -1.48. The van der Waals surface area contributed by atoms with Crippen LogP contribution in [-0.2, 0) is 0 Å². The minimum atomic E-state index is 0.133. The van der Waals surface area contributed by atoms with Gasteiger partial charge in [0.05, 0.1) is 11.1 Å². The van der Waals surface area contributed by atoms with Crippen LogP contribution >= 0.6 is 11.8 Å². The second-order valence-electron chi connectivity index (χ2n) is 7.48. The summed E-state index contributed by atoms with van der Waals surface area (Å²) in [6, 6.07) is 4.28. The van der Waals surface area contributed by atoms with Gasteiger partial charge in [0.15, 0.2) is 0 Å². The Morgan fingerprint density at radius 3 is 2.96 bits per heavy atom. The number of hydrogen-bond acceptors (Lipinski definition) is 3. The molecule has 1 aliphatic carbocycles. The standard InChI is InChI=1S/C20H24N2S/c1-5-12-20(4)14-9-6-7-10-15(14)22-16-11-8-13-21-17(16)23-18(22)19(20,2)3/h5-8,10-14,18H,9H2,1-4H3. The molecule has 0 aromatic carbocycles. The Kier molecular flexibility index (Phi) is 3.28. The molecule has 2 nitrogen and oxygen atoms in total. The molecule has 3 aliphatic rings. The van der Waals surface area contributed by atoms with Crippen molar-refractivity contribution in [3.8, 4) is 0 Å². The number of thioether (sulfide) groups is 1. The third-order valence-corrected chi connectivity index (χ3v) is 7.68. The molecule has 23 heavy (non-hydrogen) atoms. The van der Waals surface area contributed by atoms with Crippen molar-refractivity contribution in [3.63, 3.8) is 0 Å². The molecule has 1 fully saturated rings. The summed E-state index contributed by atoms with van der Waals surface area (Å²) in [7, 11) is 0. The second-order valence-corrected chi connectivity index (χ2v) is 8.55. The van der Waals surface area contributed by atoms with Crippen LogP contribution in [0.1, 0.15) is 34.1 Å². The molecule has 2 aliphatic heterocycles. The number of aromatic nitrogens is 1. The number of fused-ring (bicyclic) bond motifs is 5. The molecular formula is C20H24N2S. The van der Waals surface area contributed by atoms with Crippen LogP contribution in [0.3, 0.4) is 0 Å². The number of pyridine rings is 1. The fourth-order valence-corrected chi connectivity index (χ4v) is 6.01. The smallest absolute Gasteiger partial charge is 0.122 e. The van der Waals surface area contributed by atoms with E-state index in [0.717, 1.165) is 6.42 Å². The first-order valence-corrected chi connectivity index (χ1v) is 9.30. The lowest BCUT2D eigenvalue weighted by Crippen LogP contribution is -2.58. The van der Waals surface area contributed by atoms with Gasteiger partial charge in [-0.25, -0.2) is 4.98 Å². The Morgan fingerprint density at radius 2 is 2.17 bits per heavy atom. The van der Waals surface area contributed by atoms with E-state index in [1.165, 1.54) is 16.4 Å². The van der Waals surface area contributed by atoms with Crippen molar-refractivity contribution in [2.45, 2.75) is 44.5 Å². The zero-order valence-corrected chi connectivity index (χ0v) is 15.1. The predicted molar refractivity (Wildman–Crippen MR) is 98.4 cm³/mol. The topological polar surface area (TPSA) is 16.1 Å². The van der Waals surface area contributed by atoms with Crippen molar-refractivity contribution in [3.05, 3.63) is 54.4 Å². The van der Waals surface area contributed by atoms with Crippen molar-refractivity contribution >= 4 is 17.4 Å². The summed E-state index contributed by atoms with van der Waals surface area (Å²) >= 11 is 1.93. The average Bonchev–Trinajstić information content (AvgIpc) is 2.94. The Morgan fingerprint density at radius 1 is 1.35 bits per heavy atom. The van der Waals surface area contributed by atoms with E-state index in [4.69, 9.17) is 0 Å². The number of hydrogen-bond donors (Lipinski definition) is 0. The van der Waals surface area contributed by atoms with Crippen LogP contribution in [0, 0.1) is 16.7 Å². The summed E-state index contributed by atoms with van der Waals surface area (Å²) in [4.78, 5) is 7.20. The van der Waals surface area contributed by atoms with Gasteiger partial charge in [-0.2, -0.15) is 0 Å². The summed E-state index contributed by atoms with van der Waals surface area (Å²) in [5.74, 6) is 0.515.